The van der Waals surface area contributed by atoms with E-state index in [9.17, 15) is 4.79 Å². The van der Waals surface area contributed by atoms with Gasteiger partial charge in [-0.05, 0) is 61.2 Å². The van der Waals surface area contributed by atoms with Gasteiger partial charge in [0.15, 0.2) is 0 Å². The first-order valence-corrected chi connectivity index (χ1v) is 13.6. The highest BCUT2D eigenvalue weighted by Crippen LogP contribution is 2.42. The van der Waals surface area contributed by atoms with Crippen molar-refractivity contribution in [3.05, 3.63) is 70.5 Å². The van der Waals surface area contributed by atoms with Crippen molar-refractivity contribution in [1.29, 1.82) is 0 Å². The van der Waals surface area contributed by atoms with Crippen molar-refractivity contribution in [3.63, 3.8) is 0 Å². The van der Waals surface area contributed by atoms with Gasteiger partial charge in [0.1, 0.15) is 11.5 Å². The Hall–Kier alpha value is -3.19. The Kier molecular flexibility index (Phi) is 6.27. The first-order valence-electron chi connectivity index (χ1n) is 13.6. The number of nitrogens with one attached hydrogen (secondary N) is 1. The van der Waals surface area contributed by atoms with Crippen molar-refractivity contribution in [2.24, 2.45) is 0 Å². The highest BCUT2D eigenvalue weighted by atomic mass is 19.1. The van der Waals surface area contributed by atoms with Crippen LogP contribution in [0, 0.1) is 0 Å². The van der Waals surface area contributed by atoms with Gasteiger partial charge in [-0.25, -0.2) is 9.37 Å². The lowest BCUT2D eigenvalue weighted by Crippen LogP contribution is -2.43. The summed E-state index contributed by atoms with van der Waals surface area (Å²) in [6.45, 7) is 2.81. The Morgan fingerprint density at radius 3 is 2.49 bits per heavy atom. The fourth-order valence-corrected chi connectivity index (χ4v) is 5.98. The zero-order valence-electron chi connectivity index (χ0n) is 21.6. The Bertz CT molecular complexity index is 1260. The van der Waals surface area contributed by atoms with Gasteiger partial charge in [0.2, 0.25) is 0 Å². The van der Waals surface area contributed by atoms with Gasteiger partial charge in [-0.15, -0.1) is 0 Å². The topological polar surface area (TPSA) is 78.2 Å². The lowest BCUT2D eigenvalue weighted by atomic mass is 9.77. The molecule has 0 atom stereocenters. The summed E-state index contributed by atoms with van der Waals surface area (Å²) in [6, 6.07) is 13.1. The minimum atomic E-state index is -1.43. The summed E-state index contributed by atoms with van der Waals surface area (Å²) in [5.41, 5.74) is 11.0. The summed E-state index contributed by atoms with van der Waals surface area (Å²) in [6.07, 6.45) is 6.08. The predicted octanol–water partition coefficient (Wildman–Crippen LogP) is 5.06. The number of piperidine rings is 1. The molecule has 0 spiro atoms. The number of anilines is 1. The number of aromatic amines is 1. The number of aromatic nitrogens is 2. The Labute approximate surface area is 218 Å². The summed E-state index contributed by atoms with van der Waals surface area (Å²) in [4.78, 5) is 26.3. The van der Waals surface area contributed by atoms with Crippen LogP contribution in [0.2, 0.25) is 0 Å². The Morgan fingerprint density at radius 2 is 1.78 bits per heavy atom. The van der Waals surface area contributed by atoms with E-state index in [0.717, 1.165) is 43.0 Å². The molecule has 7 heteroatoms. The quantitative estimate of drug-likeness (QED) is 0.490. The number of fused-ring (bicyclic) bond motifs is 1. The minimum absolute atomic E-state index is 0.0319. The lowest BCUT2D eigenvalue weighted by molar-refractivity contribution is 0.0421. The third kappa shape index (κ3) is 4.65. The summed E-state index contributed by atoms with van der Waals surface area (Å²) < 4.78 is 15.7. The first kappa shape index (κ1) is 24.2. The van der Waals surface area contributed by atoms with Gasteiger partial charge in [0.25, 0.3) is 5.91 Å². The van der Waals surface area contributed by atoms with E-state index in [1.54, 1.807) is 29.2 Å². The zero-order valence-corrected chi connectivity index (χ0v) is 21.6. The van der Waals surface area contributed by atoms with Gasteiger partial charge < -0.3 is 20.5 Å². The molecular formula is C30H36FN5O. The average Bonchev–Trinajstić information content (AvgIpc) is 3.20. The first-order chi connectivity index (χ1) is 17.9. The lowest BCUT2D eigenvalue weighted by Gasteiger charge is -2.37. The van der Waals surface area contributed by atoms with Gasteiger partial charge in [0.05, 0.1) is 5.69 Å². The molecule has 2 aromatic carbocycles. The number of likely N-dealkylation sites (tertiary alicyclic amines) is 1. The predicted molar refractivity (Wildman–Crippen MR) is 144 cm³/mol. The molecule has 0 unspecified atom stereocenters. The maximum Gasteiger partial charge on any atom is 0.253 e. The van der Waals surface area contributed by atoms with Crippen molar-refractivity contribution in [2.45, 2.75) is 56.5 Å². The number of imidazole rings is 1. The second-order valence-electron chi connectivity index (χ2n) is 11.1. The fourth-order valence-electron chi connectivity index (χ4n) is 5.98. The van der Waals surface area contributed by atoms with E-state index in [1.807, 2.05) is 12.1 Å². The molecule has 2 aliphatic heterocycles. The highest BCUT2D eigenvalue weighted by Gasteiger charge is 2.38. The van der Waals surface area contributed by atoms with Gasteiger partial charge >= 0.3 is 0 Å². The zero-order chi connectivity index (χ0) is 25.6. The van der Waals surface area contributed by atoms with Crippen LogP contribution in [0.5, 0.6) is 0 Å². The molecule has 6 rings (SSSR count). The molecule has 0 bridgehead atoms. The van der Waals surface area contributed by atoms with Crippen molar-refractivity contribution >= 4 is 11.6 Å². The number of amides is 1. The Balaban J connectivity index is 1.24. The highest BCUT2D eigenvalue weighted by molar-refractivity contribution is 5.95. The van der Waals surface area contributed by atoms with Crippen LogP contribution in [0.25, 0.3) is 11.4 Å². The van der Waals surface area contributed by atoms with Crippen LogP contribution in [0.1, 0.15) is 70.9 Å². The largest absolute Gasteiger partial charge is 0.399 e. The second kappa shape index (κ2) is 9.60. The monoisotopic (exact) mass is 501 g/mol. The molecule has 37 heavy (non-hydrogen) atoms. The number of nitrogens with zero attached hydrogens (tertiary/aromatic N) is 3. The molecule has 0 radical (unpaired) electrons. The molecule has 1 saturated heterocycles. The summed E-state index contributed by atoms with van der Waals surface area (Å²) >= 11 is 0. The molecule has 3 heterocycles. The van der Waals surface area contributed by atoms with Crippen LogP contribution < -0.4 is 5.73 Å². The van der Waals surface area contributed by atoms with Crippen LogP contribution in [0.4, 0.5) is 10.1 Å². The normalized spacial score (nSPS) is 20.2. The van der Waals surface area contributed by atoms with Crippen molar-refractivity contribution in [2.75, 3.05) is 39.0 Å². The van der Waals surface area contributed by atoms with E-state index < -0.39 is 5.67 Å². The number of hydrogen-bond acceptors (Lipinski definition) is 4. The number of H-pyrrole nitrogens is 1. The second-order valence-corrected chi connectivity index (χ2v) is 11.1. The van der Waals surface area contributed by atoms with Gasteiger partial charge in [-0.3, -0.25) is 4.79 Å². The molecule has 1 amide bonds. The number of carbonyl (C=O) groups excluding carboxylic acids is 1. The molecule has 1 aromatic heterocycles. The molecule has 1 saturated carbocycles. The number of benzene rings is 2. The van der Waals surface area contributed by atoms with Crippen LogP contribution >= 0.6 is 0 Å². The fraction of sp³-hybridized carbons (Fsp3) is 0.467. The van der Waals surface area contributed by atoms with Crippen molar-refractivity contribution < 1.29 is 9.18 Å². The third-order valence-electron chi connectivity index (χ3n) is 8.71. The van der Waals surface area contributed by atoms with Gasteiger partial charge in [-0.2, -0.15) is 0 Å². The van der Waals surface area contributed by atoms with Crippen LogP contribution in [0.15, 0.2) is 42.5 Å². The van der Waals surface area contributed by atoms with Crippen molar-refractivity contribution in [1.82, 2.24) is 19.8 Å². The molecule has 194 valence electrons. The number of nitrogen functional groups attached to an aromatic ring is 1. The Morgan fingerprint density at radius 1 is 1.05 bits per heavy atom. The van der Waals surface area contributed by atoms with Crippen molar-refractivity contribution in [3.8, 4) is 11.4 Å². The van der Waals surface area contributed by atoms with E-state index in [2.05, 4.69) is 23.0 Å². The number of rotatable bonds is 4. The number of alkyl halides is 1. The van der Waals surface area contributed by atoms with E-state index in [-0.39, 0.29) is 18.7 Å². The SMILES string of the molecule is CN1CCc2nc(-c3cc(C(=O)N4CCC(F)(c5ccc(N)cc5)CC4)ccc3C3CCC3)[nH]c2CC1. The summed E-state index contributed by atoms with van der Waals surface area (Å²) in [5, 5.41) is 0. The number of halogens is 1. The van der Waals surface area contributed by atoms with Gasteiger partial charge in [0, 0.05) is 74.4 Å². The average molecular weight is 502 g/mol. The number of nitrogens with two attached hydrogens (primary N) is 1. The van der Waals surface area contributed by atoms with Crippen LogP contribution in [0.3, 0.4) is 0 Å². The molecule has 1 aliphatic carbocycles. The number of hydrogen-bond donors (Lipinski definition) is 2. The van der Waals surface area contributed by atoms with E-state index in [1.165, 1.54) is 30.5 Å². The van der Waals surface area contributed by atoms with E-state index in [0.29, 0.717) is 35.8 Å². The molecule has 6 nitrogen and oxygen atoms in total. The molecule has 3 N–H and O–H groups in total. The minimum Gasteiger partial charge on any atom is -0.399 e. The molecule has 2 fully saturated rings. The van der Waals surface area contributed by atoms with Crippen LogP contribution in [-0.2, 0) is 18.5 Å². The molecule has 3 aromatic rings. The number of carbonyl (C=O) groups is 1. The molecular weight excluding hydrogens is 465 g/mol. The summed E-state index contributed by atoms with van der Waals surface area (Å²) in [5.74, 6) is 1.38. The van der Waals surface area contributed by atoms with Crippen LogP contribution in [-0.4, -0.2) is 58.9 Å². The molecule has 3 aliphatic rings. The van der Waals surface area contributed by atoms with E-state index in [4.69, 9.17) is 10.7 Å². The van der Waals surface area contributed by atoms with Gasteiger partial charge in [-0.1, -0.05) is 24.6 Å². The number of likely N-dealkylation sites (N-methyl/N-ethyl adjacent to an activating group) is 1. The third-order valence-corrected chi connectivity index (χ3v) is 8.71. The standard InChI is InChI=1S/C30H36FN5O/c1-35-15-11-26-27(12-16-35)34-28(33-26)25-19-21(5-10-24(25)20-3-2-4-20)29(37)36-17-13-30(31,14-18-36)22-6-8-23(32)9-7-22/h5-10,19-20H,2-4,11-18,32H2,1H3,(H,33,34). The van der Waals surface area contributed by atoms with E-state index >= 15 is 4.39 Å². The maximum absolute atomic E-state index is 15.7. The smallest absolute Gasteiger partial charge is 0.253 e. The summed E-state index contributed by atoms with van der Waals surface area (Å²) in [7, 11) is 2.15. The maximum atomic E-state index is 15.7.